The van der Waals surface area contributed by atoms with Crippen LogP contribution in [-0.4, -0.2) is 102 Å². The van der Waals surface area contributed by atoms with Crippen LogP contribution in [0, 0.1) is 28.1 Å². The Bertz CT molecular complexity index is 3140. The van der Waals surface area contributed by atoms with Crippen LogP contribution in [0.4, 0.5) is 17.3 Å². The Hall–Kier alpha value is -6.61. The minimum atomic E-state index is -3.54. The maximum Gasteiger partial charge on any atom is 0.274 e. The maximum absolute atomic E-state index is 13.5. The molecule has 5 heterocycles. The second kappa shape index (κ2) is 19.0. The Morgan fingerprint density at radius 3 is 2.40 bits per heavy atom. The van der Waals surface area contributed by atoms with E-state index >= 15 is 0 Å². The SMILES string of the molecule is CCS(=O)(=O)Nc1ccc(Oc2cccc(N(C)C3CN(CC4CCN(c5ncc(C(=O)NC6C(C)(C)C(Oc7ccc(C#N)c(Cl)c7)C6(C)C)cn5)CC4)C3)c2)c(-c2cn(C)c(=O)c3[nH]ccc23)c1. The molecule has 1 aliphatic carbocycles. The van der Waals surface area contributed by atoms with Crippen LogP contribution in [0.2, 0.25) is 5.02 Å². The number of anilines is 3. The summed E-state index contributed by atoms with van der Waals surface area (Å²) in [5.74, 6) is 2.60. The Morgan fingerprint density at radius 1 is 0.986 bits per heavy atom. The Kier molecular flexibility index (Phi) is 13.1. The van der Waals surface area contributed by atoms with Crippen molar-refractivity contribution in [2.24, 2.45) is 23.8 Å². The lowest BCUT2D eigenvalue weighted by Gasteiger charge is -2.63. The number of nitrogens with zero attached hydrogens (tertiary/aromatic N) is 7. The summed E-state index contributed by atoms with van der Waals surface area (Å²) < 4.78 is 42.2. The quantitative estimate of drug-likeness (QED) is 0.0899. The van der Waals surface area contributed by atoms with Crippen LogP contribution in [0.3, 0.4) is 0 Å². The number of aromatic amines is 1. The maximum atomic E-state index is 13.5. The number of likely N-dealkylation sites (N-methyl/N-ethyl adjacent to an activating group) is 1. The third-order valence-corrected chi connectivity index (χ3v) is 16.1. The molecule has 3 N–H and O–H groups in total. The van der Waals surface area contributed by atoms with Crippen LogP contribution < -0.4 is 34.9 Å². The lowest BCUT2D eigenvalue weighted by atomic mass is 9.49. The number of fused-ring (bicyclic) bond motifs is 1. The molecular formula is C52H59ClN10O6S. The first-order chi connectivity index (χ1) is 33.3. The van der Waals surface area contributed by atoms with Crippen molar-refractivity contribution in [3.63, 3.8) is 0 Å². The van der Waals surface area contributed by atoms with E-state index in [1.807, 2.05) is 24.3 Å². The van der Waals surface area contributed by atoms with Gasteiger partial charge in [-0.3, -0.25) is 19.2 Å². The number of carbonyl (C=O) groups excluding carboxylic acids is 1. The summed E-state index contributed by atoms with van der Waals surface area (Å²) in [6.07, 6.45) is 8.52. The van der Waals surface area contributed by atoms with Gasteiger partial charge >= 0.3 is 0 Å². The van der Waals surface area contributed by atoms with Crippen LogP contribution >= 0.6 is 11.6 Å². The molecule has 3 aromatic heterocycles. The van der Waals surface area contributed by atoms with Gasteiger partial charge in [0.05, 0.1) is 27.9 Å². The summed E-state index contributed by atoms with van der Waals surface area (Å²) in [6, 6.07) is 22.3. The number of H-pyrrole nitrogens is 1. The average molecular weight is 988 g/mol. The summed E-state index contributed by atoms with van der Waals surface area (Å²) in [4.78, 5) is 45.7. The second-order valence-corrected chi connectivity index (χ2v) is 22.4. The zero-order chi connectivity index (χ0) is 49.7. The van der Waals surface area contributed by atoms with Crippen LogP contribution in [0.5, 0.6) is 17.2 Å². The molecule has 0 unspecified atom stereocenters. The van der Waals surface area contributed by atoms with Gasteiger partial charge in [-0.2, -0.15) is 5.26 Å². The molecule has 0 bridgehead atoms. The molecule has 366 valence electrons. The van der Waals surface area contributed by atoms with Crippen molar-refractivity contribution in [1.82, 2.24) is 29.7 Å². The molecule has 3 aromatic carbocycles. The second-order valence-electron chi connectivity index (χ2n) is 20.0. The molecule has 9 rings (SSSR count). The number of carbonyl (C=O) groups is 1. The number of rotatable bonds is 15. The Balaban J connectivity index is 0.764. The topological polar surface area (TPSA) is 191 Å². The largest absolute Gasteiger partial charge is 0.489 e. The van der Waals surface area contributed by atoms with E-state index in [4.69, 9.17) is 21.1 Å². The number of benzene rings is 3. The van der Waals surface area contributed by atoms with Gasteiger partial charge in [0, 0.05) is 128 Å². The van der Waals surface area contributed by atoms with E-state index in [1.165, 1.54) is 4.57 Å². The van der Waals surface area contributed by atoms with E-state index in [2.05, 4.69) is 86.6 Å². The number of hydrogen-bond donors (Lipinski definition) is 3. The Labute approximate surface area is 413 Å². The first kappa shape index (κ1) is 48.4. The number of halogens is 1. The fourth-order valence-electron chi connectivity index (χ4n) is 10.8. The fraction of sp³-hybridized carbons (Fsp3) is 0.404. The van der Waals surface area contributed by atoms with Crippen LogP contribution in [0.15, 0.2) is 96.3 Å². The van der Waals surface area contributed by atoms with Gasteiger partial charge in [0.2, 0.25) is 16.0 Å². The summed E-state index contributed by atoms with van der Waals surface area (Å²) in [5, 5.41) is 13.5. The summed E-state index contributed by atoms with van der Waals surface area (Å²) in [6.45, 7) is 14.5. The standard InChI is InChI=1S/C52H59ClN10O6S/c1-8-70(66,67)59-35-13-15-44(41(22-35)42-31-60(6)47(65)45-40(42)16-19-55-45)68-38-11-9-10-36(23-38)61(7)37-29-62(30-37)28-32-17-20-63(21-18-32)50-56-26-34(27-57-50)46(64)58-48-51(2,3)49(52(48,4)5)69-39-14-12-33(25-54)43(53)24-39/h9-16,19,22-24,26-27,31-32,37,48-49,55,59H,8,17-18,20-21,28-30H2,1-7H3,(H,58,64). The average Bonchev–Trinajstić information content (AvgIpc) is 3.83. The number of ether oxygens (including phenoxy) is 2. The first-order valence-corrected chi connectivity index (χ1v) is 25.7. The summed E-state index contributed by atoms with van der Waals surface area (Å²) in [5.41, 5.74) is 3.06. The van der Waals surface area contributed by atoms with Gasteiger partial charge in [0.1, 0.15) is 34.9 Å². The zero-order valence-corrected chi connectivity index (χ0v) is 42.1. The molecule has 2 saturated heterocycles. The molecular weight excluding hydrogens is 928 g/mol. The number of aromatic nitrogens is 4. The fourth-order valence-corrected chi connectivity index (χ4v) is 11.6. The highest BCUT2D eigenvalue weighted by atomic mass is 35.5. The number of likely N-dealkylation sites (tertiary alicyclic amines) is 1. The van der Waals surface area contributed by atoms with Gasteiger partial charge in [0.15, 0.2) is 0 Å². The van der Waals surface area contributed by atoms with Gasteiger partial charge in [-0.05, 0) is 74.2 Å². The molecule has 1 amide bonds. The van der Waals surface area contributed by atoms with Crippen molar-refractivity contribution in [2.45, 2.75) is 65.6 Å². The van der Waals surface area contributed by atoms with Gasteiger partial charge in [-0.1, -0.05) is 45.4 Å². The van der Waals surface area contributed by atoms with E-state index < -0.39 is 20.9 Å². The first-order valence-electron chi connectivity index (χ1n) is 23.6. The molecule has 3 aliphatic rings. The predicted molar refractivity (Wildman–Crippen MR) is 274 cm³/mol. The van der Waals surface area contributed by atoms with Gasteiger partial charge in [0.25, 0.3) is 11.5 Å². The van der Waals surface area contributed by atoms with E-state index in [-0.39, 0.29) is 29.4 Å². The third-order valence-electron chi connectivity index (χ3n) is 14.5. The number of hydrogen-bond acceptors (Lipinski definition) is 12. The highest BCUT2D eigenvalue weighted by Crippen LogP contribution is 2.55. The van der Waals surface area contributed by atoms with Crippen molar-refractivity contribution >= 4 is 55.8 Å². The van der Waals surface area contributed by atoms with E-state index in [9.17, 15) is 23.3 Å². The van der Waals surface area contributed by atoms with E-state index in [0.717, 1.165) is 56.8 Å². The smallest absolute Gasteiger partial charge is 0.274 e. The molecule has 0 radical (unpaired) electrons. The molecule has 1 saturated carbocycles. The molecule has 2 aliphatic heterocycles. The van der Waals surface area contributed by atoms with Crippen molar-refractivity contribution in [1.29, 1.82) is 5.26 Å². The number of pyridine rings is 1. The van der Waals surface area contributed by atoms with Crippen LogP contribution in [-0.2, 0) is 17.1 Å². The molecule has 18 heteroatoms. The molecule has 0 atom stereocenters. The van der Waals surface area contributed by atoms with E-state index in [1.54, 1.807) is 75.2 Å². The highest BCUT2D eigenvalue weighted by molar-refractivity contribution is 7.92. The highest BCUT2D eigenvalue weighted by Gasteiger charge is 2.64. The molecule has 6 aromatic rings. The van der Waals surface area contributed by atoms with Gasteiger partial charge in [-0.25, -0.2) is 18.4 Å². The number of nitriles is 1. The van der Waals surface area contributed by atoms with Crippen LogP contribution in [0.1, 0.15) is 63.4 Å². The Morgan fingerprint density at radius 2 is 1.71 bits per heavy atom. The van der Waals surface area contributed by atoms with Crippen LogP contribution in [0.25, 0.3) is 22.0 Å². The number of piperidine rings is 1. The van der Waals surface area contributed by atoms with E-state index in [0.29, 0.717) is 73.5 Å². The van der Waals surface area contributed by atoms with Gasteiger partial charge in [-0.15, -0.1) is 0 Å². The number of aryl methyl sites for hydroxylation is 1. The molecule has 16 nitrogen and oxygen atoms in total. The number of nitrogens with one attached hydrogen (secondary N) is 3. The van der Waals surface area contributed by atoms with Gasteiger partial charge < -0.3 is 34.1 Å². The number of sulfonamides is 1. The normalized spacial score (nSPS) is 19.2. The minimum Gasteiger partial charge on any atom is -0.489 e. The van der Waals surface area contributed by atoms with Crippen molar-refractivity contribution in [3.8, 4) is 34.4 Å². The number of amides is 1. The summed E-state index contributed by atoms with van der Waals surface area (Å²) in [7, 11) is 0.255. The predicted octanol–water partition coefficient (Wildman–Crippen LogP) is 8.05. The summed E-state index contributed by atoms with van der Waals surface area (Å²) >= 11 is 6.27. The minimum absolute atomic E-state index is 0.0714. The van der Waals surface area contributed by atoms with Crippen molar-refractivity contribution < 1.29 is 22.7 Å². The zero-order valence-electron chi connectivity index (χ0n) is 40.5. The lowest BCUT2D eigenvalue weighted by molar-refractivity contribution is -0.164. The monoisotopic (exact) mass is 986 g/mol. The molecule has 70 heavy (non-hydrogen) atoms. The van der Waals surface area contributed by atoms with Crippen molar-refractivity contribution in [2.75, 3.05) is 60.0 Å². The van der Waals surface area contributed by atoms with Crippen molar-refractivity contribution in [3.05, 3.63) is 118 Å². The molecule has 0 spiro atoms. The lowest BCUT2D eigenvalue weighted by Crippen LogP contribution is -2.74. The molecule has 3 fully saturated rings. The third kappa shape index (κ3) is 9.52.